The van der Waals surface area contributed by atoms with Crippen LogP contribution in [0.2, 0.25) is 0 Å². The monoisotopic (exact) mass is 380 g/mol. The number of phenols is 1. The Bertz CT molecular complexity index is 832. The minimum absolute atomic E-state index is 0.0323. The maximum atomic E-state index is 12.9. The SMILES string of the molecule is O=C1C[C@@H](C(=O)N2CCN(c3ccc(O)cc3)CC2)CN1Cc1cccnc1. The molecule has 0 saturated carbocycles. The first kappa shape index (κ1) is 18.3. The molecule has 0 unspecified atom stereocenters. The number of aromatic hydroxyl groups is 1. The highest BCUT2D eigenvalue weighted by Gasteiger charge is 2.37. The average molecular weight is 380 g/mol. The van der Waals surface area contributed by atoms with Crippen molar-refractivity contribution in [2.24, 2.45) is 5.92 Å². The molecule has 7 nitrogen and oxygen atoms in total. The number of likely N-dealkylation sites (tertiary alicyclic amines) is 1. The van der Waals surface area contributed by atoms with Gasteiger partial charge in [-0.2, -0.15) is 0 Å². The van der Waals surface area contributed by atoms with Crippen LogP contribution in [0.1, 0.15) is 12.0 Å². The molecule has 28 heavy (non-hydrogen) atoms. The number of nitrogens with zero attached hydrogens (tertiary/aromatic N) is 4. The van der Waals surface area contributed by atoms with Crippen molar-refractivity contribution in [3.63, 3.8) is 0 Å². The van der Waals surface area contributed by atoms with Gasteiger partial charge >= 0.3 is 0 Å². The molecule has 1 N–H and O–H groups in total. The summed E-state index contributed by atoms with van der Waals surface area (Å²) in [5.74, 6) is 0.0982. The second-order valence-corrected chi connectivity index (χ2v) is 7.37. The van der Waals surface area contributed by atoms with Crippen LogP contribution in [0.15, 0.2) is 48.8 Å². The number of piperazine rings is 1. The van der Waals surface area contributed by atoms with Crippen LogP contribution in [0, 0.1) is 5.92 Å². The van der Waals surface area contributed by atoms with Crippen molar-refractivity contribution in [2.75, 3.05) is 37.6 Å². The van der Waals surface area contributed by atoms with Gasteiger partial charge < -0.3 is 19.8 Å². The van der Waals surface area contributed by atoms with Crippen molar-refractivity contribution in [2.45, 2.75) is 13.0 Å². The molecule has 2 amide bonds. The maximum Gasteiger partial charge on any atom is 0.228 e. The van der Waals surface area contributed by atoms with Crippen LogP contribution >= 0.6 is 0 Å². The summed E-state index contributed by atoms with van der Waals surface area (Å²) in [6, 6.07) is 10.9. The summed E-state index contributed by atoms with van der Waals surface area (Å²) in [5.41, 5.74) is 2.02. The number of carbonyl (C=O) groups is 2. The van der Waals surface area contributed by atoms with E-state index in [4.69, 9.17) is 0 Å². The molecule has 3 heterocycles. The number of rotatable bonds is 4. The van der Waals surface area contributed by atoms with Gasteiger partial charge in [0.25, 0.3) is 0 Å². The van der Waals surface area contributed by atoms with E-state index in [9.17, 15) is 14.7 Å². The van der Waals surface area contributed by atoms with Crippen molar-refractivity contribution in [3.8, 4) is 5.75 Å². The van der Waals surface area contributed by atoms with Crippen LogP contribution in [0.4, 0.5) is 5.69 Å². The zero-order valence-corrected chi connectivity index (χ0v) is 15.7. The highest BCUT2D eigenvalue weighted by atomic mass is 16.3. The lowest BCUT2D eigenvalue weighted by Crippen LogP contribution is -2.50. The van der Waals surface area contributed by atoms with E-state index in [0.717, 1.165) is 24.3 Å². The summed E-state index contributed by atoms with van der Waals surface area (Å²) in [4.78, 5) is 35.2. The Balaban J connectivity index is 1.31. The Hall–Kier alpha value is -3.09. The first-order valence-corrected chi connectivity index (χ1v) is 9.59. The molecule has 2 aliphatic rings. The van der Waals surface area contributed by atoms with Crippen LogP contribution in [0.3, 0.4) is 0 Å². The Morgan fingerprint density at radius 3 is 2.54 bits per heavy atom. The molecule has 0 radical (unpaired) electrons. The molecule has 0 aliphatic carbocycles. The third-order valence-electron chi connectivity index (χ3n) is 5.47. The fourth-order valence-corrected chi connectivity index (χ4v) is 3.91. The van der Waals surface area contributed by atoms with Gasteiger partial charge in [-0.1, -0.05) is 6.07 Å². The fourth-order valence-electron chi connectivity index (χ4n) is 3.91. The minimum Gasteiger partial charge on any atom is -0.508 e. The van der Waals surface area contributed by atoms with E-state index in [1.165, 1.54) is 0 Å². The summed E-state index contributed by atoms with van der Waals surface area (Å²) < 4.78 is 0. The molecule has 4 rings (SSSR count). The lowest BCUT2D eigenvalue weighted by atomic mass is 10.1. The standard InChI is InChI=1S/C21H24N4O3/c26-19-5-3-18(4-6-19)23-8-10-24(11-9-23)21(28)17-12-20(27)25(15-17)14-16-2-1-7-22-13-16/h1-7,13,17,26H,8-12,14-15H2/t17-/m1/s1. The van der Waals surface area contributed by atoms with E-state index in [2.05, 4.69) is 9.88 Å². The van der Waals surface area contributed by atoms with Gasteiger partial charge in [0.15, 0.2) is 0 Å². The molecule has 2 aromatic rings. The number of phenolic OH excluding ortho intramolecular Hbond substituents is 1. The van der Waals surface area contributed by atoms with E-state index >= 15 is 0 Å². The summed E-state index contributed by atoms with van der Waals surface area (Å²) in [5, 5.41) is 9.42. The predicted molar refractivity (Wildman–Crippen MR) is 105 cm³/mol. The smallest absolute Gasteiger partial charge is 0.228 e. The zero-order valence-electron chi connectivity index (χ0n) is 15.7. The molecule has 1 aromatic heterocycles. The Kier molecular flexibility index (Phi) is 5.14. The van der Waals surface area contributed by atoms with E-state index in [-0.39, 0.29) is 29.9 Å². The summed E-state index contributed by atoms with van der Waals surface area (Å²) in [7, 11) is 0. The van der Waals surface area contributed by atoms with Crippen molar-refractivity contribution in [1.82, 2.24) is 14.8 Å². The third-order valence-corrected chi connectivity index (χ3v) is 5.47. The fraction of sp³-hybridized carbons (Fsp3) is 0.381. The quantitative estimate of drug-likeness (QED) is 0.870. The van der Waals surface area contributed by atoms with E-state index in [1.54, 1.807) is 29.4 Å². The first-order chi connectivity index (χ1) is 13.6. The van der Waals surface area contributed by atoms with Gasteiger partial charge in [-0.25, -0.2) is 0 Å². The summed E-state index contributed by atoms with van der Waals surface area (Å²) in [6.45, 7) is 3.77. The molecule has 1 atom stereocenters. The van der Waals surface area contributed by atoms with Crippen LogP contribution in [-0.2, 0) is 16.1 Å². The van der Waals surface area contributed by atoms with Crippen LogP contribution in [0.25, 0.3) is 0 Å². The van der Waals surface area contributed by atoms with Crippen molar-refractivity contribution in [3.05, 3.63) is 54.4 Å². The number of pyridine rings is 1. The number of amides is 2. The molecule has 0 spiro atoms. The Morgan fingerprint density at radius 1 is 1.11 bits per heavy atom. The summed E-state index contributed by atoms with van der Waals surface area (Å²) in [6.07, 6.45) is 3.75. The van der Waals surface area contributed by atoms with Gasteiger partial charge in [0.2, 0.25) is 11.8 Å². The molecular weight excluding hydrogens is 356 g/mol. The zero-order chi connectivity index (χ0) is 19.5. The van der Waals surface area contributed by atoms with Gasteiger partial charge in [0, 0.05) is 63.8 Å². The number of aromatic nitrogens is 1. The lowest BCUT2D eigenvalue weighted by Gasteiger charge is -2.37. The van der Waals surface area contributed by atoms with Crippen molar-refractivity contribution >= 4 is 17.5 Å². The van der Waals surface area contributed by atoms with Crippen LogP contribution < -0.4 is 4.90 Å². The minimum atomic E-state index is -0.260. The van der Waals surface area contributed by atoms with E-state index < -0.39 is 0 Å². The molecule has 2 fully saturated rings. The van der Waals surface area contributed by atoms with Gasteiger partial charge in [0.1, 0.15) is 5.75 Å². The normalized spacial score (nSPS) is 19.9. The predicted octanol–water partition coefficient (Wildman–Crippen LogP) is 1.48. The van der Waals surface area contributed by atoms with Gasteiger partial charge in [0.05, 0.1) is 5.92 Å². The number of benzene rings is 1. The maximum absolute atomic E-state index is 12.9. The van der Waals surface area contributed by atoms with E-state index in [1.807, 2.05) is 29.2 Å². The first-order valence-electron chi connectivity index (χ1n) is 9.59. The highest BCUT2D eigenvalue weighted by Crippen LogP contribution is 2.24. The molecule has 0 bridgehead atoms. The van der Waals surface area contributed by atoms with Gasteiger partial charge in [-0.15, -0.1) is 0 Å². The van der Waals surface area contributed by atoms with Crippen molar-refractivity contribution in [1.29, 1.82) is 0 Å². The van der Waals surface area contributed by atoms with Gasteiger partial charge in [-0.3, -0.25) is 14.6 Å². The van der Waals surface area contributed by atoms with E-state index in [0.29, 0.717) is 26.2 Å². The third kappa shape index (κ3) is 3.93. The topological polar surface area (TPSA) is 77.0 Å². The number of carbonyl (C=O) groups excluding carboxylic acids is 2. The Morgan fingerprint density at radius 2 is 1.86 bits per heavy atom. The molecule has 7 heteroatoms. The molecule has 1 aromatic carbocycles. The lowest BCUT2D eigenvalue weighted by molar-refractivity contribution is -0.136. The van der Waals surface area contributed by atoms with Gasteiger partial charge in [-0.05, 0) is 35.9 Å². The van der Waals surface area contributed by atoms with Crippen molar-refractivity contribution < 1.29 is 14.7 Å². The highest BCUT2D eigenvalue weighted by molar-refractivity contribution is 5.89. The molecular formula is C21H24N4O3. The number of hydrogen-bond donors (Lipinski definition) is 1. The molecule has 2 aliphatic heterocycles. The van der Waals surface area contributed by atoms with Crippen LogP contribution in [-0.4, -0.2) is 64.4 Å². The second-order valence-electron chi connectivity index (χ2n) is 7.37. The number of hydrogen-bond acceptors (Lipinski definition) is 5. The second kappa shape index (κ2) is 7.88. The number of anilines is 1. The van der Waals surface area contributed by atoms with Crippen LogP contribution in [0.5, 0.6) is 5.75 Å². The average Bonchev–Trinajstić information content (AvgIpc) is 3.09. The Labute approximate surface area is 164 Å². The molecule has 146 valence electrons. The largest absolute Gasteiger partial charge is 0.508 e. The summed E-state index contributed by atoms with van der Waals surface area (Å²) >= 11 is 0. The molecule has 2 saturated heterocycles.